The van der Waals surface area contributed by atoms with E-state index in [-0.39, 0.29) is 5.69 Å². The number of benzene rings is 2. The second kappa shape index (κ2) is 8.40. The van der Waals surface area contributed by atoms with E-state index in [1.807, 2.05) is 12.3 Å². The molecule has 1 aliphatic carbocycles. The summed E-state index contributed by atoms with van der Waals surface area (Å²) in [7, 11) is 0. The Morgan fingerprint density at radius 1 is 1.22 bits per heavy atom. The number of amides is 2. The van der Waals surface area contributed by atoms with Gasteiger partial charge < -0.3 is 5.32 Å². The summed E-state index contributed by atoms with van der Waals surface area (Å²) in [6.45, 7) is 4.20. The zero-order valence-electron chi connectivity index (χ0n) is 17.3. The highest BCUT2D eigenvalue weighted by Crippen LogP contribution is 2.45. The van der Waals surface area contributed by atoms with Crippen molar-refractivity contribution in [1.82, 2.24) is 5.32 Å². The minimum absolute atomic E-state index is 0.169. The molecule has 0 bridgehead atoms. The molecule has 32 heavy (non-hydrogen) atoms. The molecule has 0 saturated carbocycles. The number of hydrogen-bond acceptors (Lipinski definition) is 3. The first-order valence-electron chi connectivity index (χ1n) is 10.0. The second-order valence-corrected chi connectivity index (χ2v) is 8.50. The van der Waals surface area contributed by atoms with Crippen molar-refractivity contribution in [2.75, 3.05) is 11.2 Å². The van der Waals surface area contributed by atoms with E-state index in [1.165, 1.54) is 28.8 Å². The number of alkyl halides is 3. The van der Waals surface area contributed by atoms with Gasteiger partial charge in [-0.15, -0.1) is 11.8 Å². The van der Waals surface area contributed by atoms with Crippen LogP contribution in [0.1, 0.15) is 42.0 Å². The Kier molecular flexibility index (Phi) is 5.78. The van der Waals surface area contributed by atoms with Crippen LogP contribution >= 0.6 is 11.8 Å². The van der Waals surface area contributed by atoms with Gasteiger partial charge in [0.1, 0.15) is 0 Å². The van der Waals surface area contributed by atoms with Gasteiger partial charge in [0.15, 0.2) is 0 Å². The van der Waals surface area contributed by atoms with Crippen molar-refractivity contribution in [1.29, 1.82) is 5.26 Å². The Morgan fingerprint density at radius 2 is 2.00 bits per heavy atom. The van der Waals surface area contributed by atoms with Gasteiger partial charge in [0, 0.05) is 16.2 Å². The van der Waals surface area contributed by atoms with Gasteiger partial charge in [-0.05, 0) is 67.0 Å². The lowest BCUT2D eigenvalue weighted by atomic mass is 9.82. The fourth-order valence-electron chi connectivity index (χ4n) is 4.28. The monoisotopic (exact) mass is 455 g/mol. The Balaban J connectivity index is 1.87. The highest BCUT2D eigenvalue weighted by Gasteiger charge is 2.39. The molecule has 1 aliphatic heterocycles. The molecule has 164 valence electrons. The summed E-state index contributed by atoms with van der Waals surface area (Å²) in [6.07, 6.45) is -0.555. The van der Waals surface area contributed by atoms with Gasteiger partial charge in [-0.3, -0.25) is 4.90 Å². The zero-order valence-corrected chi connectivity index (χ0v) is 18.1. The number of anilines is 1. The molecule has 2 aromatic rings. The molecule has 0 spiro atoms. The first kappa shape index (κ1) is 22.0. The van der Waals surface area contributed by atoms with E-state index < -0.39 is 23.8 Å². The van der Waals surface area contributed by atoms with E-state index in [9.17, 15) is 23.2 Å². The van der Waals surface area contributed by atoms with Crippen LogP contribution in [0, 0.1) is 11.3 Å². The number of urea groups is 1. The van der Waals surface area contributed by atoms with Crippen molar-refractivity contribution >= 4 is 23.5 Å². The number of hydrogen-bond donors (Lipinski definition) is 1. The van der Waals surface area contributed by atoms with Crippen molar-refractivity contribution in [3.05, 3.63) is 82.6 Å². The van der Waals surface area contributed by atoms with Gasteiger partial charge in [0.25, 0.3) is 0 Å². The van der Waals surface area contributed by atoms with Crippen LogP contribution in [-0.4, -0.2) is 12.3 Å². The number of nitrogens with one attached hydrogen (secondary N) is 1. The number of carbonyl (C=O) groups is 1. The van der Waals surface area contributed by atoms with Crippen molar-refractivity contribution in [2.24, 2.45) is 0 Å². The summed E-state index contributed by atoms with van der Waals surface area (Å²) in [4.78, 5) is 15.4. The van der Waals surface area contributed by atoms with Crippen molar-refractivity contribution in [2.45, 2.75) is 36.4 Å². The van der Waals surface area contributed by atoms with Crippen LogP contribution in [0.15, 0.2) is 70.8 Å². The molecule has 1 unspecified atom stereocenters. The number of carbonyl (C=O) groups excluding carboxylic acids is 1. The predicted molar refractivity (Wildman–Crippen MR) is 118 cm³/mol. The maximum Gasteiger partial charge on any atom is 0.416 e. The molecule has 0 fully saturated rings. The first-order valence-corrected chi connectivity index (χ1v) is 11.2. The van der Waals surface area contributed by atoms with Crippen LogP contribution < -0.4 is 10.2 Å². The molecule has 0 radical (unpaired) electrons. The number of halogens is 3. The van der Waals surface area contributed by atoms with Crippen LogP contribution in [0.5, 0.6) is 0 Å². The third kappa shape index (κ3) is 3.89. The molecule has 1 heterocycles. The Labute approximate surface area is 188 Å². The second-order valence-electron chi connectivity index (χ2n) is 7.65. The van der Waals surface area contributed by atoms with E-state index in [4.69, 9.17) is 0 Å². The van der Waals surface area contributed by atoms with Crippen LogP contribution in [-0.2, 0) is 6.18 Å². The quantitative estimate of drug-likeness (QED) is 0.533. The van der Waals surface area contributed by atoms with E-state index in [1.54, 1.807) is 12.1 Å². The van der Waals surface area contributed by atoms with Crippen LogP contribution in [0.25, 0.3) is 0 Å². The normalized spacial score (nSPS) is 18.8. The topological polar surface area (TPSA) is 56.1 Å². The van der Waals surface area contributed by atoms with Crippen molar-refractivity contribution in [3.63, 3.8) is 0 Å². The predicted octanol–water partition coefficient (Wildman–Crippen LogP) is 6.56. The summed E-state index contributed by atoms with van der Waals surface area (Å²) >= 11 is 1.47. The van der Waals surface area contributed by atoms with Gasteiger partial charge in [-0.2, -0.15) is 18.4 Å². The van der Waals surface area contributed by atoms with Crippen LogP contribution in [0.3, 0.4) is 0 Å². The fraction of sp³-hybridized carbons (Fsp3) is 0.250. The molecule has 1 atom stereocenters. The lowest BCUT2D eigenvalue weighted by molar-refractivity contribution is -0.137. The Bertz CT molecular complexity index is 1180. The minimum atomic E-state index is -4.51. The summed E-state index contributed by atoms with van der Waals surface area (Å²) in [5.74, 6) is 0. The van der Waals surface area contributed by atoms with Gasteiger partial charge >= 0.3 is 12.2 Å². The highest BCUT2D eigenvalue weighted by atomic mass is 32.2. The number of rotatable bonds is 3. The summed E-state index contributed by atoms with van der Waals surface area (Å²) < 4.78 is 39.9. The van der Waals surface area contributed by atoms with Gasteiger partial charge in [0.2, 0.25) is 0 Å². The number of allylic oxidation sites excluding steroid dienone is 1. The minimum Gasteiger partial charge on any atom is -0.326 e. The Morgan fingerprint density at radius 3 is 2.69 bits per heavy atom. The third-order valence-corrected chi connectivity index (χ3v) is 6.51. The molecular weight excluding hydrogens is 435 g/mol. The molecule has 2 aromatic carbocycles. The number of nitriles is 1. The average Bonchev–Trinajstić information content (AvgIpc) is 2.77. The largest absolute Gasteiger partial charge is 0.416 e. The van der Waals surface area contributed by atoms with Crippen LogP contribution in [0.2, 0.25) is 0 Å². The average molecular weight is 456 g/mol. The van der Waals surface area contributed by atoms with Gasteiger partial charge in [-0.25, -0.2) is 4.79 Å². The maximum absolute atomic E-state index is 13.3. The molecule has 4 rings (SSSR count). The van der Waals surface area contributed by atoms with E-state index in [0.717, 1.165) is 46.6 Å². The maximum atomic E-state index is 13.3. The summed E-state index contributed by atoms with van der Waals surface area (Å²) in [5.41, 5.74) is 3.07. The van der Waals surface area contributed by atoms with Gasteiger partial charge in [-0.1, -0.05) is 18.7 Å². The Hall–Kier alpha value is -3.18. The summed E-state index contributed by atoms with van der Waals surface area (Å²) in [6, 6.07) is 11.2. The first-order chi connectivity index (χ1) is 15.2. The zero-order chi connectivity index (χ0) is 23.0. The van der Waals surface area contributed by atoms with E-state index in [2.05, 4.69) is 18.0 Å². The van der Waals surface area contributed by atoms with Crippen LogP contribution in [0.4, 0.5) is 23.7 Å². The smallest absolute Gasteiger partial charge is 0.326 e. The molecule has 4 nitrogen and oxygen atoms in total. The third-order valence-electron chi connectivity index (χ3n) is 5.72. The van der Waals surface area contributed by atoms with E-state index in [0.29, 0.717) is 17.7 Å². The molecule has 2 amide bonds. The molecule has 2 aliphatic rings. The van der Waals surface area contributed by atoms with E-state index >= 15 is 0 Å². The molecular formula is C24H20F3N3OS. The molecule has 0 aromatic heterocycles. The lowest BCUT2D eigenvalue weighted by Gasteiger charge is -2.41. The standard InChI is InChI=1S/C24H20F3N3OS/c1-14-5-3-8-19-21(14)22(18-10-9-15(13-28)11-20(18)32-2)29-23(31)30(19)17-7-4-6-16(12-17)24(25,26)27/h4,6-7,9-12,22H,1,3,5,8H2,2H3,(H,29,31). The van der Waals surface area contributed by atoms with Crippen molar-refractivity contribution in [3.8, 4) is 6.07 Å². The van der Waals surface area contributed by atoms with Crippen molar-refractivity contribution < 1.29 is 18.0 Å². The van der Waals surface area contributed by atoms with Gasteiger partial charge in [0.05, 0.1) is 28.9 Å². The molecule has 8 heteroatoms. The number of thioether (sulfide) groups is 1. The SMILES string of the molecule is C=C1CCCC2=C1C(c1ccc(C#N)cc1SC)NC(=O)N2c1cccc(C(F)(F)F)c1. The molecule has 1 N–H and O–H groups in total. The number of nitrogens with zero attached hydrogens (tertiary/aromatic N) is 2. The lowest BCUT2D eigenvalue weighted by Crippen LogP contribution is -2.48. The summed E-state index contributed by atoms with van der Waals surface area (Å²) in [5, 5.41) is 12.2. The fourth-order valence-corrected chi connectivity index (χ4v) is 4.94. The molecule has 0 saturated heterocycles. The highest BCUT2D eigenvalue weighted by molar-refractivity contribution is 7.98.